The van der Waals surface area contributed by atoms with Gasteiger partial charge in [0.05, 0.1) is 0 Å². The Kier molecular flexibility index (Phi) is 5.58. The van der Waals surface area contributed by atoms with E-state index in [0.29, 0.717) is 0 Å². The smallest absolute Gasteiger partial charge is 0.0494 e. The predicted octanol–water partition coefficient (Wildman–Crippen LogP) is 7.96. The minimum absolute atomic E-state index is 0.945. The molecule has 0 unspecified atom stereocenters. The summed E-state index contributed by atoms with van der Waals surface area (Å²) in [6, 6.07) is 31.5. The van der Waals surface area contributed by atoms with Gasteiger partial charge in [0.15, 0.2) is 0 Å². The number of aryl methyl sites for hydroxylation is 2. The second-order valence-electron chi connectivity index (χ2n) is 9.49. The van der Waals surface area contributed by atoms with Crippen molar-refractivity contribution in [2.45, 2.75) is 47.0 Å². The summed E-state index contributed by atoms with van der Waals surface area (Å²) < 4.78 is 4.87. The molecule has 0 bridgehead atoms. The third kappa shape index (κ3) is 3.54. The lowest BCUT2D eigenvalue weighted by Crippen LogP contribution is -2.22. The van der Waals surface area contributed by atoms with Gasteiger partial charge in [0.1, 0.15) is 0 Å². The molecule has 3 heteroatoms. The van der Waals surface area contributed by atoms with Crippen molar-refractivity contribution in [3.63, 3.8) is 0 Å². The third-order valence-corrected chi connectivity index (χ3v) is 7.60. The van der Waals surface area contributed by atoms with Gasteiger partial charge in [0, 0.05) is 69.8 Å². The molecular formula is C32H33N3. The quantitative estimate of drug-likeness (QED) is 0.236. The summed E-state index contributed by atoms with van der Waals surface area (Å²) >= 11 is 0. The van der Waals surface area contributed by atoms with Crippen molar-refractivity contribution in [1.82, 2.24) is 14.0 Å². The Bertz CT molecular complexity index is 1670. The maximum absolute atomic E-state index is 2.56. The molecule has 3 nitrogen and oxygen atoms in total. The van der Waals surface area contributed by atoms with E-state index in [-0.39, 0.29) is 0 Å². The van der Waals surface area contributed by atoms with Gasteiger partial charge in [-0.25, -0.2) is 0 Å². The summed E-state index contributed by atoms with van der Waals surface area (Å²) in [6.45, 7) is 11.6. The van der Waals surface area contributed by atoms with Crippen LogP contribution in [0.4, 0.5) is 0 Å². The first-order valence-electron chi connectivity index (χ1n) is 12.9. The maximum atomic E-state index is 2.56. The zero-order valence-corrected chi connectivity index (χ0v) is 21.0. The Morgan fingerprint density at radius 1 is 0.571 bits per heavy atom. The summed E-state index contributed by atoms with van der Waals surface area (Å²) in [5, 5.41) is 5.49. The third-order valence-electron chi connectivity index (χ3n) is 7.60. The molecule has 6 aromatic rings. The van der Waals surface area contributed by atoms with Gasteiger partial charge in [-0.2, -0.15) is 0 Å². The van der Waals surface area contributed by atoms with E-state index in [1.807, 2.05) is 0 Å². The summed E-state index contributed by atoms with van der Waals surface area (Å²) in [5.41, 5.74) is 8.12. The van der Waals surface area contributed by atoms with Crippen LogP contribution in [0.1, 0.15) is 31.9 Å². The highest BCUT2D eigenvalue weighted by Crippen LogP contribution is 2.33. The molecule has 2 heterocycles. The summed E-state index contributed by atoms with van der Waals surface area (Å²) in [5.74, 6) is 0. The minimum Gasteiger partial charge on any atom is -0.341 e. The van der Waals surface area contributed by atoms with Crippen LogP contribution >= 0.6 is 0 Å². The Hall–Kier alpha value is -3.56. The Morgan fingerprint density at radius 2 is 1.20 bits per heavy atom. The Labute approximate surface area is 207 Å². The molecule has 6 rings (SSSR count). The van der Waals surface area contributed by atoms with E-state index in [0.717, 1.165) is 32.7 Å². The van der Waals surface area contributed by atoms with Crippen molar-refractivity contribution < 1.29 is 0 Å². The van der Waals surface area contributed by atoms with Crippen LogP contribution in [0.2, 0.25) is 0 Å². The molecule has 0 saturated carbocycles. The Morgan fingerprint density at radius 3 is 1.94 bits per heavy atom. The van der Waals surface area contributed by atoms with Crippen molar-refractivity contribution in [2.24, 2.45) is 0 Å². The molecule has 35 heavy (non-hydrogen) atoms. The highest BCUT2D eigenvalue weighted by molar-refractivity contribution is 6.10. The number of hydrogen-bond donors (Lipinski definition) is 0. The van der Waals surface area contributed by atoms with Crippen molar-refractivity contribution >= 4 is 43.6 Å². The number of hydrogen-bond acceptors (Lipinski definition) is 1. The molecule has 0 radical (unpaired) electrons. The topological polar surface area (TPSA) is 13.1 Å². The second-order valence-corrected chi connectivity index (χ2v) is 9.49. The highest BCUT2D eigenvalue weighted by Gasteiger charge is 2.15. The largest absolute Gasteiger partial charge is 0.341 e. The molecule has 2 aromatic heterocycles. The normalized spacial score (nSPS) is 12.1. The average Bonchev–Trinajstić information content (AvgIpc) is 3.40. The summed E-state index contributed by atoms with van der Waals surface area (Å²) in [6.07, 6.45) is 0. The van der Waals surface area contributed by atoms with E-state index in [4.69, 9.17) is 0 Å². The Balaban J connectivity index is 1.38. The number of aromatic nitrogens is 2. The first-order chi connectivity index (χ1) is 17.2. The van der Waals surface area contributed by atoms with Gasteiger partial charge in [0.25, 0.3) is 0 Å². The van der Waals surface area contributed by atoms with Crippen molar-refractivity contribution in [1.29, 1.82) is 0 Å². The second kappa shape index (κ2) is 8.90. The van der Waals surface area contributed by atoms with Crippen LogP contribution in [0.15, 0.2) is 84.9 Å². The molecule has 0 amide bonds. The number of para-hydroxylation sites is 2. The lowest BCUT2D eigenvalue weighted by atomic mass is 10.0. The van der Waals surface area contributed by atoms with Crippen LogP contribution in [0.25, 0.3) is 43.6 Å². The van der Waals surface area contributed by atoms with Crippen LogP contribution in [0, 0.1) is 0 Å². The van der Waals surface area contributed by atoms with Gasteiger partial charge in [-0.05, 0) is 61.9 Å². The van der Waals surface area contributed by atoms with Gasteiger partial charge in [0.2, 0.25) is 0 Å². The van der Waals surface area contributed by atoms with E-state index in [1.54, 1.807) is 0 Å². The molecule has 0 N–H and O–H groups in total. The van der Waals surface area contributed by atoms with E-state index < -0.39 is 0 Å². The molecule has 0 saturated heterocycles. The maximum Gasteiger partial charge on any atom is 0.0494 e. The van der Waals surface area contributed by atoms with E-state index >= 15 is 0 Å². The summed E-state index contributed by atoms with van der Waals surface area (Å²) in [7, 11) is 0. The van der Waals surface area contributed by atoms with Gasteiger partial charge in [-0.1, -0.05) is 61.5 Å². The van der Waals surface area contributed by atoms with Crippen LogP contribution in [-0.4, -0.2) is 20.6 Å². The zero-order chi connectivity index (χ0) is 23.9. The SMILES string of the molecule is CCN(Cc1ccc2c(c1)c1ccccc1n2CC)Cc1cccc2c1c1ccccc1n2CC. The molecular weight excluding hydrogens is 426 g/mol. The lowest BCUT2D eigenvalue weighted by Gasteiger charge is -2.21. The van der Waals surface area contributed by atoms with Gasteiger partial charge < -0.3 is 9.13 Å². The van der Waals surface area contributed by atoms with Crippen LogP contribution < -0.4 is 0 Å². The molecule has 4 aromatic carbocycles. The van der Waals surface area contributed by atoms with Crippen LogP contribution in [-0.2, 0) is 26.2 Å². The van der Waals surface area contributed by atoms with Gasteiger partial charge >= 0.3 is 0 Å². The number of rotatable bonds is 7. The van der Waals surface area contributed by atoms with E-state index in [2.05, 4.69) is 120 Å². The fraction of sp³-hybridized carbons (Fsp3) is 0.250. The number of benzene rings is 4. The zero-order valence-electron chi connectivity index (χ0n) is 21.0. The fourth-order valence-electron chi connectivity index (χ4n) is 5.96. The highest BCUT2D eigenvalue weighted by atomic mass is 15.1. The van der Waals surface area contributed by atoms with E-state index in [9.17, 15) is 0 Å². The molecule has 0 atom stereocenters. The predicted molar refractivity (Wildman–Crippen MR) is 150 cm³/mol. The fourth-order valence-corrected chi connectivity index (χ4v) is 5.96. The van der Waals surface area contributed by atoms with Gasteiger partial charge in [-0.3, -0.25) is 4.90 Å². The molecule has 0 fully saturated rings. The minimum atomic E-state index is 0.945. The molecule has 0 aliphatic rings. The van der Waals surface area contributed by atoms with Crippen LogP contribution in [0.3, 0.4) is 0 Å². The average molecular weight is 460 g/mol. The lowest BCUT2D eigenvalue weighted by molar-refractivity contribution is 0.272. The van der Waals surface area contributed by atoms with Crippen molar-refractivity contribution in [3.8, 4) is 0 Å². The molecule has 0 aliphatic carbocycles. The number of fused-ring (bicyclic) bond motifs is 6. The van der Waals surface area contributed by atoms with Gasteiger partial charge in [-0.15, -0.1) is 0 Å². The first-order valence-corrected chi connectivity index (χ1v) is 12.9. The molecule has 176 valence electrons. The summed E-state index contributed by atoms with van der Waals surface area (Å²) in [4.78, 5) is 2.56. The first kappa shape index (κ1) is 21.9. The monoisotopic (exact) mass is 459 g/mol. The van der Waals surface area contributed by atoms with Crippen molar-refractivity contribution in [2.75, 3.05) is 6.54 Å². The molecule has 0 spiro atoms. The van der Waals surface area contributed by atoms with E-state index in [1.165, 1.54) is 54.7 Å². The molecule has 0 aliphatic heterocycles. The number of nitrogens with zero attached hydrogens (tertiary/aromatic N) is 3. The van der Waals surface area contributed by atoms with Crippen LogP contribution in [0.5, 0.6) is 0 Å². The van der Waals surface area contributed by atoms with Crippen molar-refractivity contribution in [3.05, 3.63) is 96.1 Å². The standard InChI is InChI=1S/C32H33N3/c1-4-33(21-23-18-19-30-27(20-23)25-13-7-9-15-28(25)34(30)5-2)22-24-12-11-17-31-32(24)26-14-8-10-16-29(26)35(31)6-3/h7-20H,4-6,21-22H2,1-3H3.